The number of likely N-dealkylation sites (tertiary alicyclic amines) is 1. The molecule has 1 saturated carbocycles. The number of hydrogen-bond donors (Lipinski definition) is 2. The lowest BCUT2D eigenvalue weighted by atomic mass is 9.75. The van der Waals surface area contributed by atoms with Crippen LogP contribution in [0.25, 0.3) is 0 Å². The fourth-order valence-corrected chi connectivity index (χ4v) is 3.57. The van der Waals surface area contributed by atoms with Gasteiger partial charge in [-0.3, -0.25) is 4.79 Å². The highest BCUT2D eigenvalue weighted by atomic mass is 16.2. The number of hydrazine groups is 1. The van der Waals surface area contributed by atoms with Gasteiger partial charge in [-0.25, -0.2) is 10.8 Å². The van der Waals surface area contributed by atoms with E-state index in [0.29, 0.717) is 17.3 Å². The first-order valence-electron chi connectivity index (χ1n) is 7.50. The fraction of sp³-hybridized carbons (Fsp3) is 0.600. The van der Waals surface area contributed by atoms with Crippen LogP contribution in [0.4, 0.5) is 5.82 Å². The quantitative estimate of drug-likeness (QED) is 0.639. The second-order valence-corrected chi connectivity index (χ2v) is 5.92. The number of carbonyl (C=O) groups is 1. The van der Waals surface area contributed by atoms with Gasteiger partial charge in [0.25, 0.3) is 5.91 Å². The average molecular weight is 274 g/mol. The van der Waals surface area contributed by atoms with Crippen molar-refractivity contribution in [2.75, 3.05) is 18.5 Å². The summed E-state index contributed by atoms with van der Waals surface area (Å²) in [5.41, 5.74) is 3.12. The Morgan fingerprint density at radius 1 is 1.25 bits per heavy atom. The van der Waals surface area contributed by atoms with Gasteiger partial charge in [0.2, 0.25) is 0 Å². The van der Waals surface area contributed by atoms with Crippen LogP contribution in [0.5, 0.6) is 0 Å². The molecule has 5 heteroatoms. The lowest BCUT2D eigenvalue weighted by molar-refractivity contribution is 0.0520. The molecule has 1 aliphatic heterocycles. The molecule has 2 fully saturated rings. The van der Waals surface area contributed by atoms with Gasteiger partial charge in [-0.05, 0) is 36.8 Å². The van der Waals surface area contributed by atoms with E-state index in [-0.39, 0.29) is 5.91 Å². The molecule has 3 rings (SSSR count). The predicted octanol–water partition coefficient (Wildman–Crippen LogP) is 2.02. The standard InChI is InChI=1S/C15H22N4O/c16-18-14-6-5-12(9-17-14)15(20)19-8-7-11-3-1-2-4-13(11)10-19/h5-6,9,11,13H,1-4,7-8,10,16H2,(H,17,18). The number of rotatable bonds is 2. The van der Waals surface area contributed by atoms with Gasteiger partial charge in [-0.2, -0.15) is 0 Å². The van der Waals surface area contributed by atoms with E-state index in [1.165, 1.54) is 25.7 Å². The van der Waals surface area contributed by atoms with E-state index < -0.39 is 0 Å². The lowest BCUT2D eigenvalue weighted by Crippen LogP contribution is -2.44. The highest BCUT2D eigenvalue weighted by Gasteiger charge is 2.33. The molecule has 5 nitrogen and oxygen atoms in total. The van der Waals surface area contributed by atoms with Crippen molar-refractivity contribution < 1.29 is 4.79 Å². The van der Waals surface area contributed by atoms with Gasteiger partial charge >= 0.3 is 0 Å². The maximum absolute atomic E-state index is 12.5. The summed E-state index contributed by atoms with van der Waals surface area (Å²) in [4.78, 5) is 18.6. The molecule has 20 heavy (non-hydrogen) atoms. The van der Waals surface area contributed by atoms with Gasteiger partial charge in [0.05, 0.1) is 5.56 Å². The Balaban J connectivity index is 1.67. The third kappa shape index (κ3) is 2.63. The van der Waals surface area contributed by atoms with Crippen molar-refractivity contribution in [3.8, 4) is 0 Å². The number of nitrogens with one attached hydrogen (secondary N) is 1. The molecule has 108 valence electrons. The molecule has 2 atom stereocenters. The molecule has 3 N–H and O–H groups in total. The molecular formula is C15H22N4O. The number of pyridine rings is 1. The molecule has 0 bridgehead atoms. The van der Waals surface area contributed by atoms with Crippen molar-refractivity contribution in [3.05, 3.63) is 23.9 Å². The van der Waals surface area contributed by atoms with Gasteiger partial charge in [-0.1, -0.05) is 19.3 Å². The number of fused-ring (bicyclic) bond motifs is 1. The van der Waals surface area contributed by atoms with Crippen LogP contribution in [0.1, 0.15) is 42.5 Å². The van der Waals surface area contributed by atoms with E-state index in [1.54, 1.807) is 18.3 Å². The van der Waals surface area contributed by atoms with Crippen LogP contribution in [0.2, 0.25) is 0 Å². The Morgan fingerprint density at radius 2 is 2.05 bits per heavy atom. The zero-order chi connectivity index (χ0) is 13.9. The number of piperidine rings is 1. The number of nitrogens with two attached hydrogens (primary N) is 1. The minimum Gasteiger partial charge on any atom is -0.338 e. The molecule has 0 spiro atoms. The van der Waals surface area contributed by atoms with Crippen LogP contribution in [-0.2, 0) is 0 Å². The van der Waals surface area contributed by atoms with Gasteiger partial charge < -0.3 is 10.3 Å². The maximum atomic E-state index is 12.5. The summed E-state index contributed by atoms with van der Waals surface area (Å²) in [6, 6.07) is 3.53. The van der Waals surface area contributed by atoms with Gasteiger partial charge in [-0.15, -0.1) is 0 Å². The average Bonchev–Trinajstić information content (AvgIpc) is 2.54. The number of nitrogens with zero attached hydrogens (tertiary/aromatic N) is 2. The molecule has 1 aromatic rings. The molecule has 2 heterocycles. The smallest absolute Gasteiger partial charge is 0.255 e. The third-order valence-electron chi connectivity index (χ3n) is 4.74. The Bertz CT molecular complexity index is 473. The molecule has 1 aliphatic carbocycles. The third-order valence-corrected chi connectivity index (χ3v) is 4.74. The zero-order valence-electron chi connectivity index (χ0n) is 11.7. The van der Waals surface area contributed by atoms with E-state index in [4.69, 9.17) is 5.84 Å². The second kappa shape index (κ2) is 5.79. The van der Waals surface area contributed by atoms with Crippen LogP contribution in [-0.4, -0.2) is 28.9 Å². The number of nitrogen functional groups attached to an aromatic ring is 1. The minimum atomic E-state index is 0.102. The van der Waals surface area contributed by atoms with E-state index in [0.717, 1.165) is 25.4 Å². The molecule has 2 unspecified atom stereocenters. The molecule has 1 amide bonds. The molecule has 1 saturated heterocycles. The molecule has 0 aromatic carbocycles. The summed E-state index contributed by atoms with van der Waals surface area (Å²) in [6.07, 6.45) is 8.08. The van der Waals surface area contributed by atoms with Gasteiger partial charge in [0.15, 0.2) is 0 Å². The minimum absolute atomic E-state index is 0.102. The highest BCUT2D eigenvalue weighted by Crippen LogP contribution is 2.36. The second-order valence-electron chi connectivity index (χ2n) is 5.92. The first-order valence-corrected chi connectivity index (χ1v) is 7.50. The zero-order valence-corrected chi connectivity index (χ0v) is 11.7. The van der Waals surface area contributed by atoms with E-state index in [2.05, 4.69) is 10.4 Å². The Hall–Kier alpha value is -1.62. The first kappa shape index (κ1) is 13.4. The monoisotopic (exact) mass is 274 g/mol. The lowest BCUT2D eigenvalue weighted by Gasteiger charge is -2.41. The number of amides is 1. The number of aromatic nitrogens is 1. The van der Waals surface area contributed by atoms with Crippen molar-refractivity contribution in [3.63, 3.8) is 0 Å². The molecule has 0 radical (unpaired) electrons. The number of hydrogen-bond acceptors (Lipinski definition) is 4. The molecular weight excluding hydrogens is 252 g/mol. The fourth-order valence-electron chi connectivity index (χ4n) is 3.57. The Kier molecular flexibility index (Phi) is 3.87. The van der Waals surface area contributed by atoms with E-state index in [9.17, 15) is 4.79 Å². The first-order chi connectivity index (χ1) is 9.78. The molecule has 2 aliphatic rings. The van der Waals surface area contributed by atoms with Crippen molar-refractivity contribution in [2.24, 2.45) is 17.7 Å². The number of anilines is 1. The summed E-state index contributed by atoms with van der Waals surface area (Å²) in [7, 11) is 0. The van der Waals surface area contributed by atoms with Gasteiger partial charge in [0.1, 0.15) is 5.82 Å². The maximum Gasteiger partial charge on any atom is 0.255 e. The summed E-state index contributed by atoms with van der Waals surface area (Å²) < 4.78 is 0. The van der Waals surface area contributed by atoms with Crippen molar-refractivity contribution in [2.45, 2.75) is 32.1 Å². The topological polar surface area (TPSA) is 71.2 Å². The largest absolute Gasteiger partial charge is 0.338 e. The highest BCUT2D eigenvalue weighted by molar-refractivity contribution is 5.94. The van der Waals surface area contributed by atoms with Crippen LogP contribution >= 0.6 is 0 Å². The normalized spacial score (nSPS) is 25.9. The number of carbonyl (C=O) groups excluding carboxylic acids is 1. The van der Waals surface area contributed by atoms with E-state index >= 15 is 0 Å². The predicted molar refractivity (Wildman–Crippen MR) is 78.0 cm³/mol. The summed E-state index contributed by atoms with van der Waals surface area (Å²) in [5, 5.41) is 0. The Morgan fingerprint density at radius 3 is 2.75 bits per heavy atom. The van der Waals surface area contributed by atoms with Gasteiger partial charge in [0, 0.05) is 19.3 Å². The van der Waals surface area contributed by atoms with Crippen LogP contribution < -0.4 is 11.3 Å². The van der Waals surface area contributed by atoms with Crippen molar-refractivity contribution >= 4 is 11.7 Å². The van der Waals surface area contributed by atoms with Crippen LogP contribution in [0.15, 0.2) is 18.3 Å². The summed E-state index contributed by atoms with van der Waals surface area (Å²) in [5.74, 6) is 7.51. The Labute approximate surface area is 119 Å². The van der Waals surface area contributed by atoms with E-state index in [1.807, 2.05) is 4.90 Å². The molecule has 1 aromatic heterocycles. The van der Waals surface area contributed by atoms with Crippen LogP contribution in [0.3, 0.4) is 0 Å². The van der Waals surface area contributed by atoms with Crippen molar-refractivity contribution in [1.29, 1.82) is 0 Å². The van der Waals surface area contributed by atoms with Crippen molar-refractivity contribution in [1.82, 2.24) is 9.88 Å². The summed E-state index contributed by atoms with van der Waals surface area (Å²) in [6.45, 7) is 1.80. The summed E-state index contributed by atoms with van der Waals surface area (Å²) >= 11 is 0. The SMILES string of the molecule is NNc1ccc(C(=O)N2CCC3CCCCC3C2)cn1. The van der Waals surface area contributed by atoms with Crippen LogP contribution in [0, 0.1) is 11.8 Å².